The minimum Gasteiger partial charge on any atom is -0.390 e. The second kappa shape index (κ2) is 6.08. The van der Waals surface area contributed by atoms with Gasteiger partial charge in [-0.3, -0.25) is 4.79 Å². The number of rotatable bonds is 1. The maximum absolute atomic E-state index is 13.0. The van der Waals surface area contributed by atoms with E-state index in [-0.39, 0.29) is 17.4 Å². The van der Waals surface area contributed by atoms with Crippen LogP contribution >= 0.6 is 0 Å². The van der Waals surface area contributed by atoms with Gasteiger partial charge in [0, 0.05) is 31.7 Å². The van der Waals surface area contributed by atoms with Crippen LogP contribution in [0.1, 0.15) is 40.4 Å². The third kappa shape index (κ3) is 2.31. The summed E-state index contributed by atoms with van der Waals surface area (Å²) in [6.07, 6.45) is 2.32. The highest BCUT2D eigenvalue weighted by molar-refractivity contribution is 5.96. The number of carbonyl (C=O) groups excluding carboxylic acids is 1. The van der Waals surface area contributed by atoms with Crippen LogP contribution in [-0.4, -0.2) is 55.1 Å². The highest BCUT2D eigenvalue weighted by atomic mass is 16.3. The highest BCUT2D eigenvalue weighted by Gasteiger charge is 2.51. The first kappa shape index (κ1) is 17.3. The van der Waals surface area contributed by atoms with Crippen molar-refractivity contribution in [3.05, 3.63) is 53.2 Å². The lowest BCUT2D eigenvalue weighted by Gasteiger charge is -2.42. The Labute approximate surface area is 162 Å². The topological polar surface area (TPSA) is 110 Å². The van der Waals surface area contributed by atoms with Crippen molar-refractivity contribution in [1.82, 2.24) is 24.9 Å². The Balaban J connectivity index is 1.39. The number of likely N-dealkylation sites (tertiary alicyclic amines) is 1. The summed E-state index contributed by atoms with van der Waals surface area (Å²) in [6.45, 7) is 1.13. The number of pyridine rings is 1. The van der Waals surface area contributed by atoms with Crippen LogP contribution in [-0.2, 0) is 12.5 Å². The molecular weight excluding hydrogens is 356 g/mol. The molecule has 2 atom stereocenters. The molecule has 8 heteroatoms. The van der Waals surface area contributed by atoms with Crippen molar-refractivity contribution in [2.24, 2.45) is 12.8 Å². The van der Waals surface area contributed by atoms with Gasteiger partial charge in [0.25, 0.3) is 5.91 Å². The maximum atomic E-state index is 13.0. The van der Waals surface area contributed by atoms with Gasteiger partial charge in [0.1, 0.15) is 5.52 Å². The van der Waals surface area contributed by atoms with E-state index >= 15 is 0 Å². The largest absolute Gasteiger partial charge is 0.390 e. The first-order valence-electron chi connectivity index (χ1n) is 9.49. The van der Waals surface area contributed by atoms with Gasteiger partial charge in [0.2, 0.25) is 0 Å². The van der Waals surface area contributed by atoms with E-state index in [2.05, 4.69) is 21.4 Å². The Morgan fingerprint density at radius 3 is 2.82 bits per heavy atom. The number of hydrogen-bond donors (Lipinski definition) is 2. The third-order valence-corrected chi connectivity index (χ3v) is 6.39. The van der Waals surface area contributed by atoms with Crippen LogP contribution in [0.25, 0.3) is 11.2 Å². The summed E-state index contributed by atoms with van der Waals surface area (Å²) in [5, 5.41) is 18.9. The monoisotopic (exact) mass is 378 g/mol. The van der Waals surface area contributed by atoms with Gasteiger partial charge in [-0.1, -0.05) is 29.5 Å². The molecule has 2 aromatic heterocycles. The molecule has 1 aliphatic heterocycles. The average Bonchev–Trinajstić information content (AvgIpc) is 3.20. The van der Waals surface area contributed by atoms with E-state index in [1.807, 2.05) is 23.1 Å². The number of benzene rings is 1. The van der Waals surface area contributed by atoms with Gasteiger partial charge in [-0.2, -0.15) is 0 Å². The molecule has 144 valence electrons. The zero-order valence-electron chi connectivity index (χ0n) is 15.6. The fourth-order valence-electron chi connectivity index (χ4n) is 4.81. The minimum atomic E-state index is -0.625. The molecule has 1 saturated heterocycles. The number of amides is 1. The number of nitrogens with zero attached hydrogens (tertiary/aromatic N) is 5. The summed E-state index contributed by atoms with van der Waals surface area (Å²) >= 11 is 0. The predicted molar refractivity (Wildman–Crippen MR) is 102 cm³/mol. The molecule has 1 aromatic carbocycles. The van der Waals surface area contributed by atoms with Crippen LogP contribution < -0.4 is 5.73 Å². The number of piperidine rings is 1. The maximum Gasteiger partial charge on any atom is 0.255 e. The number of aliphatic hydroxyl groups excluding tert-OH is 1. The van der Waals surface area contributed by atoms with E-state index in [9.17, 15) is 9.90 Å². The number of aliphatic hydroxyl groups is 1. The van der Waals surface area contributed by atoms with Crippen molar-refractivity contribution >= 4 is 17.1 Å². The number of aryl methyl sites for hydroxylation is 1. The molecule has 28 heavy (non-hydrogen) atoms. The summed E-state index contributed by atoms with van der Waals surface area (Å²) in [5.41, 5.74) is 9.82. The van der Waals surface area contributed by atoms with Crippen molar-refractivity contribution in [3.8, 4) is 0 Å². The lowest BCUT2D eigenvalue weighted by molar-refractivity contribution is 0.0262. The fourth-order valence-corrected chi connectivity index (χ4v) is 4.81. The molecular formula is C20H22N6O2. The SMILES string of the molecule is Cn1nnc2cc(C(=O)N3CCC4(CC3)c3ccccc3[C@@H](N)[C@@H]4O)cnc21. The highest BCUT2D eigenvalue weighted by Crippen LogP contribution is 2.50. The van der Waals surface area contributed by atoms with Crippen molar-refractivity contribution in [3.63, 3.8) is 0 Å². The van der Waals surface area contributed by atoms with Crippen molar-refractivity contribution in [1.29, 1.82) is 0 Å². The van der Waals surface area contributed by atoms with Gasteiger partial charge >= 0.3 is 0 Å². The molecule has 3 aromatic rings. The summed E-state index contributed by atoms with van der Waals surface area (Å²) in [7, 11) is 1.77. The molecule has 1 amide bonds. The van der Waals surface area contributed by atoms with Gasteiger partial charge in [-0.05, 0) is 30.0 Å². The average molecular weight is 378 g/mol. The standard InChI is InChI=1S/C20H22N6O2/c1-25-18-15(23-24-25)10-12(11-22-18)19(28)26-8-6-20(7-9-26)14-5-3-2-4-13(14)16(21)17(20)27/h2-5,10-11,16-17,27H,6-9,21H2,1H3/t16-,17+/m1/s1. The molecule has 1 aliphatic carbocycles. The lowest BCUT2D eigenvalue weighted by Crippen LogP contribution is -2.50. The van der Waals surface area contributed by atoms with Crippen molar-refractivity contribution in [2.75, 3.05) is 13.1 Å². The number of hydrogen-bond acceptors (Lipinski definition) is 6. The molecule has 1 spiro atoms. The van der Waals surface area contributed by atoms with E-state index in [1.54, 1.807) is 24.0 Å². The van der Waals surface area contributed by atoms with Gasteiger partial charge in [0.05, 0.1) is 17.7 Å². The molecule has 3 N–H and O–H groups in total. The molecule has 0 unspecified atom stereocenters. The zero-order chi connectivity index (χ0) is 19.5. The Hall–Kier alpha value is -2.84. The van der Waals surface area contributed by atoms with Gasteiger partial charge in [-0.25, -0.2) is 9.67 Å². The Morgan fingerprint density at radius 1 is 1.29 bits per heavy atom. The second-order valence-corrected chi connectivity index (χ2v) is 7.79. The van der Waals surface area contributed by atoms with E-state index in [0.29, 0.717) is 42.7 Å². The summed E-state index contributed by atoms with van der Waals surface area (Å²) < 4.78 is 1.58. The number of fused-ring (bicyclic) bond motifs is 3. The molecule has 0 bridgehead atoms. The van der Waals surface area contributed by atoms with Gasteiger partial charge in [-0.15, -0.1) is 5.10 Å². The summed E-state index contributed by atoms with van der Waals surface area (Å²) in [6, 6.07) is 9.37. The molecule has 8 nitrogen and oxygen atoms in total. The van der Waals surface area contributed by atoms with Crippen LogP contribution in [0.2, 0.25) is 0 Å². The smallest absolute Gasteiger partial charge is 0.255 e. The first-order chi connectivity index (χ1) is 13.5. The number of aromatic nitrogens is 4. The number of nitrogens with two attached hydrogens (primary N) is 1. The Kier molecular flexibility index (Phi) is 3.75. The normalized spacial score (nSPS) is 23.3. The van der Waals surface area contributed by atoms with E-state index in [1.165, 1.54) is 0 Å². The molecule has 0 saturated carbocycles. The molecule has 3 heterocycles. The predicted octanol–water partition coefficient (Wildman–Crippen LogP) is 0.912. The summed E-state index contributed by atoms with van der Waals surface area (Å²) in [4.78, 5) is 19.1. The number of carbonyl (C=O) groups is 1. The van der Waals surface area contributed by atoms with Gasteiger partial charge in [0.15, 0.2) is 5.65 Å². The van der Waals surface area contributed by atoms with Crippen LogP contribution in [0.5, 0.6) is 0 Å². The Morgan fingerprint density at radius 2 is 2.04 bits per heavy atom. The molecule has 1 fully saturated rings. The molecule has 0 radical (unpaired) electrons. The molecule has 2 aliphatic rings. The van der Waals surface area contributed by atoms with Crippen LogP contribution in [0.4, 0.5) is 0 Å². The fraction of sp³-hybridized carbons (Fsp3) is 0.400. The van der Waals surface area contributed by atoms with Crippen molar-refractivity contribution < 1.29 is 9.90 Å². The Bertz CT molecular complexity index is 1070. The van der Waals surface area contributed by atoms with Crippen LogP contribution in [0, 0.1) is 0 Å². The minimum absolute atomic E-state index is 0.0695. The third-order valence-electron chi connectivity index (χ3n) is 6.39. The van der Waals surface area contributed by atoms with Crippen molar-refractivity contribution in [2.45, 2.75) is 30.4 Å². The molecule has 5 rings (SSSR count). The zero-order valence-corrected chi connectivity index (χ0v) is 15.6. The van der Waals surface area contributed by atoms with E-state index in [0.717, 1.165) is 11.1 Å². The quantitative estimate of drug-likeness (QED) is 0.651. The van der Waals surface area contributed by atoms with Gasteiger partial charge < -0.3 is 15.7 Å². The van der Waals surface area contributed by atoms with E-state index < -0.39 is 6.10 Å². The summed E-state index contributed by atoms with van der Waals surface area (Å²) in [5.74, 6) is -0.0695. The first-order valence-corrected chi connectivity index (χ1v) is 9.49. The van der Waals surface area contributed by atoms with Crippen LogP contribution in [0.3, 0.4) is 0 Å². The lowest BCUT2D eigenvalue weighted by atomic mass is 9.72. The van der Waals surface area contributed by atoms with Crippen LogP contribution in [0.15, 0.2) is 36.5 Å². The van der Waals surface area contributed by atoms with E-state index in [4.69, 9.17) is 5.73 Å². The second-order valence-electron chi connectivity index (χ2n) is 7.79.